The summed E-state index contributed by atoms with van der Waals surface area (Å²) in [6.07, 6.45) is 0.691. The van der Waals surface area contributed by atoms with Gasteiger partial charge in [0.15, 0.2) is 0 Å². The third-order valence-electron chi connectivity index (χ3n) is 6.29. The number of nitrogens with one attached hydrogen (secondary N) is 1. The van der Waals surface area contributed by atoms with Gasteiger partial charge < -0.3 is 19.9 Å². The number of ketones is 1. The second-order valence-corrected chi connectivity index (χ2v) is 8.56. The van der Waals surface area contributed by atoms with E-state index in [4.69, 9.17) is 9.47 Å². The maximum Gasteiger partial charge on any atom is 0.300 e. The Morgan fingerprint density at radius 3 is 2.67 bits per heavy atom. The Bertz CT molecular complexity index is 1430. The smallest absolute Gasteiger partial charge is 0.300 e. The predicted molar refractivity (Wildman–Crippen MR) is 134 cm³/mol. The Morgan fingerprint density at radius 1 is 1.08 bits per heavy atom. The molecule has 8 nitrogen and oxygen atoms in total. The Labute approximate surface area is 207 Å². The number of aliphatic hydroxyl groups is 1. The van der Waals surface area contributed by atoms with Crippen molar-refractivity contribution in [3.05, 3.63) is 89.0 Å². The van der Waals surface area contributed by atoms with E-state index in [-0.39, 0.29) is 17.2 Å². The molecule has 0 radical (unpaired) electrons. The molecule has 0 spiro atoms. The molecular weight excluding hydrogens is 460 g/mol. The number of carbonyl (C=O) groups excluding carboxylic acids is 3. The molecule has 8 heteroatoms. The summed E-state index contributed by atoms with van der Waals surface area (Å²) < 4.78 is 11.1. The van der Waals surface area contributed by atoms with Crippen LogP contribution in [0.25, 0.3) is 5.76 Å². The number of hydrogen-bond acceptors (Lipinski definition) is 6. The zero-order chi connectivity index (χ0) is 25.4. The van der Waals surface area contributed by atoms with E-state index < -0.39 is 17.7 Å². The van der Waals surface area contributed by atoms with Crippen LogP contribution in [0.4, 0.5) is 11.4 Å². The van der Waals surface area contributed by atoms with E-state index in [1.807, 2.05) is 0 Å². The topological polar surface area (TPSA) is 105 Å². The minimum absolute atomic E-state index is 0.0479. The molecule has 1 saturated heterocycles. The molecule has 2 N–H and O–H groups in total. The molecule has 0 aliphatic carbocycles. The lowest BCUT2D eigenvalue weighted by Crippen LogP contribution is -2.29. The average molecular weight is 485 g/mol. The number of anilines is 2. The molecule has 2 heterocycles. The monoisotopic (exact) mass is 484 g/mol. The highest BCUT2D eigenvalue weighted by molar-refractivity contribution is 6.51. The number of rotatable bonds is 5. The SMILES string of the molecule is COc1ccccc1C1/C(=C(\O)c2ccc3c(c2)CCO3)C(=O)C(=O)N1c1cccc(NC(C)=O)c1. The highest BCUT2D eigenvalue weighted by Gasteiger charge is 2.48. The number of para-hydroxylation sites is 1. The highest BCUT2D eigenvalue weighted by Crippen LogP contribution is 2.45. The fourth-order valence-corrected chi connectivity index (χ4v) is 4.71. The molecule has 2 amide bonds. The summed E-state index contributed by atoms with van der Waals surface area (Å²) in [5.41, 5.74) is 2.69. The predicted octanol–water partition coefficient (Wildman–Crippen LogP) is 4.21. The molecule has 1 fully saturated rings. The third-order valence-corrected chi connectivity index (χ3v) is 6.29. The van der Waals surface area contributed by atoms with Gasteiger partial charge in [-0.3, -0.25) is 19.3 Å². The number of ether oxygens (including phenoxy) is 2. The van der Waals surface area contributed by atoms with Gasteiger partial charge in [0.2, 0.25) is 5.91 Å². The van der Waals surface area contributed by atoms with Gasteiger partial charge in [0.1, 0.15) is 17.3 Å². The van der Waals surface area contributed by atoms with Gasteiger partial charge in [0, 0.05) is 35.8 Å². The first-order chi connectivity index (χ1) is 17.4. The molecule has 5 rings (SSSR count). The van der Waals surface area contributed by atoms with Gasteiger partial charge in [-0.1, -0.05) is 24.3 Å². The summed E-state index contributed by atoms with van der Waals surface area (Å²) in [5.74, 6) is -0.957. The molecule has 0 aromatic heterocycles. The lowest BCUT2D eigenvalue weighted by molar-refractivity contribution is -0.132. The number of amides is 2. The van der Waals surface area contributed by atoms with Crippen LogP contribution in [0.2, 0.25) is 0 Å². The van der Waals surface area contributed by atoms with Crippen LogP contribution in [0.15, 0.2) is 72.3 Å². The Morgan fingerprint density at radius 2 is 1.89 bits per heavy atom. The fourth-order valence-electron chi connectivity index (χ4n) is 4.71. The fraction of sp³-hybridized carbons (Fsp3) is 0.179. The standard InChI is InChI=1S/C28H24N2O6/c1-16(31)29-19-6-5-7-20(15-19)30-25(21-8-3-4-9-23(21)35-2)24(27(33)28(30)34)26(32)18-10-11-22-17(14-18)12-13-36-22/h3-11,14-15,25,32H,12-13H2,1-2H3,(H,29,31)/b26-24+. The van der Waals surface area contributed by atoms with Crippen LogP contribution in [0.5, 0.6) is 11.5 Å². The van der Waals surface area contributed by atoms with Crippen molar-refractivity contribution in [1.82, 2.24) is 0 Å². The van der Waals surface area contributed by atoms with Crippen molar-refractivity contribution >= 4 is 34.7 Å². The normalized spacial score (nSPS) is 18.1. The van der Waals surface area contributed by atoms with E-state index in [9.17, 15) is 19.5 Å². The van der Waals surface area contributed by atoms with E-state index in [2.05, 4.69) is 5.32 Å². The van der Waals surface area contributed by atoms with Crippen molar-refractivity contribution in [1.29, 1.82) is 0 Å². The van der Waals surface area contributed by atoms with Gasteiger partial charge in [0.05, 0.1) is 25.3 Å². The molecule has 1 atom stereocenters. The summed E-state index contributed by atoms with van der Waals surface area (Å²) in [4.78, 5) is 39.8. The molecule has 0 bridgehead atoms. The van der Waals surface area contributed by atoms with Gasteiger partial charge in [-0.25, -0.2) is 0 Å². The lowest BCUT2D eigenvalue weighted by atomic mass is 9.94. The summed E-state index contributed by atoms with van der Waals surface area (Å²) >= 11 is 0. The second kappa shape index (κ2) is 9.22. The van der Waals surface area contributed by atoms with Crippen molar-refractivity contribution in [2.45, 2.75) is 19.4 Å². The molecule has 3 aromatic rings. The molecule has 2 aliphatic heterocycles. The highest BCUT2D eigenvalue weighted by atomic mass is 16.5. The van der Waals surface area contributed by atoms with E-state index >= 15 is 0 Å². The first kappa shape index (κ1) is 23.2. The summed E-state index contributed by atoms with van der Waals surface area (Å²) in [5, 5.41) is 14.1. The Kier molecular flexibility index (Phi) is 5.93. The number of Topliss-reactive ketones (excluding diaryl/α,β-unsaturated/α-hetero) is 1. The average Bonchev–Trinajstić information content (AvgIpc) is 3.45. The number of methoxy groups -OCH3 is 1. The first-order valence-corrected chi connectivity index (χ1v) is 11.5. The number of benzene rings is 3. The number of fused-ring (bicyclic) bond motifs is 1. The van der Waals surface area contributed by atoms with Gasteiger partial charge >= 0.3 is 0 Å². The molecule has 182 valence electrons. The third kappa shape index (κ3) is 3.96. The lowest BCUT2D eigenvalue weighted by Gasteiger charge is -2.27. The van der Waals surface area contributed by atoms with E-state index in [1.54, 1.807) is 66.7 Å². The number of hydrogen-bond donors (Lipinski definition) is 2. The van der Waals surface area contributed by atoms with Crippen LogP contribution < -0.4 is 19.7 Å². The van der Waals surface area contributed by atoms with E-state index in [0.29, 0.717) is 41.3 Å². The second-order valence-electron chi connectivity index (χ2n) is 8.56. The zero-order valence-corrected chi connectivity index (χ0v) is 19.8. The van der Waals surface area contributed by atoms with Gasteiger partial charge in [0.25, 0.3) is 11.7 Å². The summed E-state index contributed by atoms with van der Waals surface area (Å²) in [7, 11) is 1.50. The van der Waals surface area contributed by atoms with Crippen molar-refractivity contribution in [2.24, 2.45) is 0 Å². The maximum atomic E-state index is 13.4. The quantitative estimate of drug-likeness (QED) is 0.319. The van der Waals surface area contributed by atoms with Crippen LogP contribution in [-0.4, -0.2) is 36.4 Å². The van der Waals surface area contributed by atoms with Crippen molar-refractivity contribution in [3.63, 3.8) is 0 Å². The Balaban J connectivity index is 1.71. The molecule has 0 saturated carbocycles. The number of aliphatic hydroxyl groups excluding tert-OH is 1. The van der Waals surface area contributed by atoms with Crippen molar-refractivity contribution < 1.29 is 29.0 Å². The van der Waals surface area contributed by atoms with Crippen LogP contribution in [-0.2, 0) is 20.8 Å². The van der Waals surface area contributed by atoms with Crippen molar-refractivity contribution in [3.8, 4) is 11.5 Å². The number of carbonyl (C=O) groups is 3. The number of nitrogens with zero attached hydrogens (tertiary/aromatic N) is 1. The summed E-state index contributed by atoms with van der Waals surface area (Å²) in [6, 6.07) is 17.9. The van der Waals surface area contributed by atoms with Gasteiger partial charge in [-0.05, 0) is 48.0 Å². The van der Waals surface area contributed by atoms with E-state index in [0.717, 1.165) is 11.3 Å². The van der Waals surface area contributed by atoms with Crippen LogP contribution in [0.1, 0.15) is 29.7 Å². The van der Waals surface area contributed by atoms with Crippen LogP contribution in [0.3, 0.4) is 0 Å². The molecule has 36 heavy (non-hydrogen) atoms. The molecular formula is C28H24N2O6. The first-order valence-electron chi connectivity index (χ1n) is 11.5. The van der Waals surface area contributed by atoms with E-state index in [1.165, 1.54) is 18.9 Å². The minimum Gasteiger partial charge on any atom is -0.507 e. The van der Waals surface area contributed by atoms with Gasteiger partial charge in [-0.15, -0.1) is 0 Å². The molecule has 2 aliphatic rings. The van der Waals surface area contributed by atoms with Crippen LogP contribution in [0, 0.1) is 0 Å². The van der Waals surface area contributed by atoms with Gasteiger partial charge in [-0.2, -0.15) is 0 Å². The zero-order valence-electron chi connectivity index (χ0n) is 19.8. The molecule has 1 unspecified atom stereocenters. The summed E-state index contributed by atoms with van der Waals surface area (Å²) in [6.45, 7) is 1.94. The Hall–Kier alpha value is -4.59. The molecule has 3 aromatic carbocycles. The minimum atomic E-state index is -0.960. The van der Waals surface area contributed by atoms with Crippen LogP contribution >= 0.6 is 0 Å². The largest absolute Gasteiger partial charge is 0.507 e. The maximum absolute atomic E-state index is 13.4. The van der Waals surface area contributed by atoms with Crippen molar-refractivity contribution in [2.75, 3.05) is 23.9 Å².